The topological polar surface area (TPSA) is 82.1 Å². The summed E-state index contributed by atoms with van der Waals surface area (Å²) in [6.45, 7) is 1.86. The highest BCUT2D eigenvalue weighted by molar-refractivity contribution is 5.90. The van der Waals surface area contributed by atoms with Gasteiger partial charge in [0.2, 0.25) is 5.91 Å². The summed E-state index contributed by atoms with van der Waals surface area (Å²) in [5.74, 6) is -0.735. The Morgan fingerprint density at radius 3 is 2.70 bits per heavy atom. The first-order valence-electron chi connectivity index (χ1n) is 8.88. The third-order valence-electron chi connectivity index (χ3n) is 4.98. The highest BCUT2D eigenvalue weighted by Crippen LogP contribution is 2.32. The van der Waals surface area contributed by atoms with Crippen LogP contribution in [0.4, 0.5) is 25.0 Å². The van der Waals surface area contributed by atoms with Crippen LogP contribution in [-0.4, -0.2) is 61.7 Å². The zero-order chi connectivity index (χ0) is 19.6. The van der Waals surface area contributed by atoms with Crippen LogP contribution >= 0.6 is 0 Å². The Balaban J connectivity index is 1.67. The van der Waals surface area contributed by atoms with Crippen molar-refractivity contribution in [1.82, 2.24) is 5.32 Å². The van der Waals surface area contributed by atoms with E-state index in [1.54, 1.807) is 17.0 Å². The summed E-state index contributed by atoms with van der Waals surface area (Å²) in [6.07, 6.45) is -0.829. The molecule has 1 unspecified atom stereocenters. The Kier molecular flexibility index (Phi) is 5.50. The average molecular weight is 383 g/mol. The summed E-state index contributed by atoms with van der Waals surface area (Å²) < 4.78 is 33.9. The zero-order valence-electron chi connectivity index (χ0n) is 15.1. The Bertz CT molecular complexity index is 723. The number of nitrogens with one attached hydrogen (secondary N) is 1. The number of benzene rings is 1. The van der Waals surface area contributed by atoms with E-state index in [1.165, 1.54) is 17.9 Å². The van der Waals surface area contributed by atoms with Crippen LogP contribution in [0, 0.1) is 5.82 Å². The van der Waals surface area contributed by atoms with E-state index >= 15 is 0 Å². The second-order valence-corrected chi connectivity index (χ2v) is 6.99. The van der Waals surface area contributed by atoms with Crippen molar-refractivity contribution in [1.29, 1.82) is 0 Å². The van der Waals surface area contributed by atoms with Gasteiger partial charge >= 0.3 is 6.09 Å². The van der Waals surface area contributed by atoms with Gasteiger partial charge in [-0.15, -0.1) is 0 Å². The molecule has 2 amide bonds. The number of anilines is 2. The highest BCUT2D eigenvalue weighted by Gasteiger charge is 2.35. The van der Waals surface area contributed by atoms with Crippen LogP contribution in [0.2, 0.25) is 0 Å². The third kappa shape index (κ3) is 4.29. The number of carbonyl (C=O) groups excluding carboxylic acids is 2. The van der Waals surface area contributed by atoms with Crippen molar-refractivity contribution in [2.75, 3.05) is 42.6 Å². The van der Waals surface area contributed by atoms with Gasteiger partial charge < -0.3 is 20.1 Å². The van der Waals surface area contributed by atoms with E-state index in [-0.39, 0.29) is 31.8 Å². The molecular formula is C18H23F2N3O4. The number of rotatable bonds is 5. The van der Waals surface area contributed by atoms with Crippen LogP contribution in [0.25, 0.3) is 0 Å². The lowest BCUT2D eigenvalue weighted by Gasteiger charge is -2.36. The van der Waals surface area contributed by atoms with Gasteiger partial charge in [0.15, 0.2) is 0 Å². The first-order valence-corrected chi connectivity index (χ1v) is 8.88. The largest absolute Gasteiger partial charge is 0.442 e. The standard InChI is InChI=1S/C18H23F2N3O4/c1-12(25)21-9-14-10-23(17(26)27-14)13-2-3-16(15(19)8-13)22-6-4-18(20,11-24)5-7-22/h2-3,8,14,24H,4-7,9-11H2,1H3,(H,21,25). The SMILES string of the molecule is CC(=O)NCC1CN(c2ccc(N3CCC(F)(CO)CC3)c(F)c2)C(=O)O1. The van der Waals surface area contributed by atoms with Crippen molar-refractivity contribution in [3.63, 3.8) is 0 Å². The fraction of sp³-hybridized carbons (Fsp3) is 0.556. The van der Waals surface area contributed by atoms with Crippen LogP contribution in [0.15, 0.2) is 18.2 Å². The molecule has 27 heavy (non-hydrogen) atoms. The van der Waals surface area contributed by atoms with Crippen molar-refractivity contribution in [2.24, 2.45) is 0 Å². The van der Waals surface area contributed by atoms with Gasteiger partial charge in [0, 0.05) is 32.9 Å². The molecule has 2 heterocycles. The zero-order valence-corrected chi connectivity index (χ0v) is 15.1. The molecule has 0 bridgehead atoms. The Morgan fingerprint density at radius 1 is 1.41 bits per heavy atom. The molecule has 2 saturated heterocycles. The third-order valence-corrected chi connectivity index (χ3v) is 4.98. The van der Waals surface area contributed by atoms with E-state index in [0.29, 0.717) is 24.5 Å². The first-order chi connectivity index (χ1) is 12.8. The number of halogens is 2. The molecule has 0 radical (unpaired) electrons. The molecule has 0 spiro atoms. The summed E-state index contributed by atoms with van der Waals surface area (Å²) in [5, 5.41) is 11.7. The lowest BCUT2D eigenvalue weighted by molar-refractivity contribution is -0.119. The monoisotopic (exact) mass is 383 g/mol. The lowest BCUT2D eigenvalue weighted by Crippen LogP contribution is -2.44. The number of amides is 2. The van der Waals surface area contributed by atoms with E-state index in [0.717, 1.165) is 0 Å². The number of aliphatic hydroxyl groups excluding tert-OH is 1. The van der Waals surface area contributed by atoms with Crippen molar-refractivity contribution >= 4 is 23.4 Å². The van der Waals surface area contributed by atoms with E-state index in [9.17, 15) is 18.4 Å². The normalized spacial score (nSPS) is 21.9. The van der Waals surface area contributed by atoms with E-state index in [2.05, 4.69) is 5.32 Å². The second-order valence-electron chi connectivity index (χ2n) is 6.99. The molecule has 2 aliphatic heterocycles. The number of alkyl halides is 1. The molecule has 0 aromatic heterocycles. The highest BCUT2D eigenvalue weighted by atomic mass is 19.1. The second kappa shape index (κ2) is 7.67. The molecule has 3 rings (SSSR count). The van der Waals surface area contributed by atoms with Gasteiger partial charge in [0.1, 0.15) is 17.6 Å². The first kappa shape index (κ1) is 19.3. The van der Waals surface area contributed by atoms with Crippen molar-refractivity contribution in [3.8, 4) is 0 Å². The molecule has 9 heteroatoms. The van der Waals surface area contributed by atoms with Crippen LogP contribution in [0.1, 0.15) is 19.8 Å². The molecule has 2 fully saturated rings. The number of aliphatic hydroxyl groups is 1. The predicted octanol–water partition coefficient (Wildman–Crippen LogP) is 1.59. The number of carbonyl (C=O) groups is 2. The van der Waals surface area contributed by atoms with Gasteiger partial charge in [-0.25, -0.2) is 13.6 Å². The number of hydrogen-bond acceptors (Lipinski definition) is 5. The molecular weight excluding hydrogens is 360 g/mol. The van der Waals surface area contributed by atoms with Crippen LogP contribution in [0.5, 0.6) is 0 Å². The van der Waals surface area contributed by atoms with Gasteiger partial charge in [-0.05, 0) is 18.2 Å². The quantitative estimate of drug-likeness (QED) is 0.807. The van der Waals surface area contributed by atoms with E-state index in [4.69, 9.17) is 9.84 Å². The molecule has 0 saturated carbocycles. The molecule has 1 atom stereocenters. The summed E-state index contributed by atoms with van der Waals surface area (Å²) in [4.78, 5) is 26.0. The van der Waals surface area contributed by atoms with Crippen LogP contribution in [-0.2, 0) is 9.53 Å². The van der Waals surface area contributed by atoms with E-state index < -0.39 is 30.3 Å². The number of piperidine rings is 1. The molecule has 1 aromatic carbocycles. The van der Waals surface area contributed by atoms with Crippen molar-refractivity contribution in [2.45, 2.75) is 31.5 Å². The van der Waals surface area contributed by atoms with Crippen LogP contribution < -0.4 is 15.1 Å². The molecule has 1 aromatic rings. The summed E-state index contributed by atoms with van der Waals surface area (Å²) >= 11 is 0. The van der Waals surface area contributed by atoms with Gasteiger partial charge in [-0.1, -0.05) is 0 Å². The smallest absolute Gasteiger partial charge is 0.414 e. The molecule has 7 nitrogen and oxygen atoms in total. The number of hydrogen-bond donors (Lipinski definition) is 2. The van der Waals surface area contributed by atoms with Gasteiger partial charge in [-0.3, -0.25) is 9.69 Å². The molecule has 148 valence electrons. The number of ether oxygens (including phenoxy) is 1. The van der Waals surface area contributed by atoms with Gasteiger partial charge in [-0.2, -0.15) is 0 Å². The molecule has 0 aliphatic carbocycles. The van der Waals surface area contributed by atoms with Crippen LogP contribution in [0.3, 0.4) is 0 Å². The van der Waals surface area contributed by atoms with E-state index in [1.807, 2.05) is 0 Å². The summed E-state index contributed by atoms with van der Waals surface area (Å²) in [5.41, 5.74) is -0.908. The molecule has 2 N–H and O–H groups in total. The predicted molar refractivity (Wildman–Crippen MR) is 95.1 cm³/mol. The number of nitrogens with zero attached hydrogens (tertiary/aromatic N) is 2. The Labute approximate surface area is 155 Å². The fourth-order valence-electron chi connectivity index (χ4n) is 3.32. The average Bonchev–Trinajstić information content (AvgIpc) is 3.02. The summed E-state index contributed by atoms with van der Waals surface area (Å²) in [6, 6.07) is 4.42. The van der Waals surface area contributed by atoms with Crippen molar-refractivity contribution < 1.29 is 28.2 Å². The molecule has 2 aliphatic rings. The maximum Gasteiger partial charge on any atom is 0.414 e. The minimum absolute atomic E-state index is 0.133. The fourth-order valence-corrected chi connectivity index (χ4v) is 3.32. The minimum Gasteiger partial charge on any atom is -0.442 e. The lowest BCUT2D eigenvalue weighted by atomic mass is 9.94. The van der Waals surface area contributed by atoms with Crippen molar-refractivity contribution in [3.05, 3.63) is 24.0 Å². The minimum atomic E-state index is -1.60. The van der Waals surface area contributed by atoms with Gasteiger partial charge in [0.25, 0.3) is 0 Å². The Hall–Kier alpha value is -2.42. The maximum absolute atomic E-state index is 14.6. The summed E-state index contributed by atoms with van der Waals surface area (Å²) in [7, 11) is 0. The maximum atomic E-state index is 14.6. The van der Waals surface area contributed by atoms with Gasteiger partial charge in [0.05, 0.1) is 31.1 Å². The number of cyclic esters (lactones) is 1. The Morgan fingerprint density at radius 2 is 2.11 bits per heavy atom.